The first-order valence-electron chi connectivity index (χ1n) is 5.56. The molecule has 7 heteroatoms. The fraction of sp³-hybridized carbons (Fsp3) is 0.273. The molecule has 0 spiro atoms. The molecule has 0 aliphatic carbocycles. The molecular weight excluding hydrogens is 252 g/mol. The maximum atomic E-state index is 5.82. The molecular formula is C11H13ClN6. The molecule has 0 amide bonds. The Morgan fingerprint density at radius 3 is 2.39 bits per heavy atom. The van der Waals surface area contributed by atoms with Crippen molar-refractivity contribution >= 4 is 23.5 Å². The van der Waals surface area contributed by atoms with Crippen molar-refractivity contribution in [1.29, 1.82) is 0 Å². The highest BCUT2D eigenvalue weighted by Crippen LogP contribution is 2.10. The number of anilines is 2. The minimum Gasteiger partial charge on any atom is -0.354 e. The molecule has 2 N–H and O–H groups in total. The maximum absolute atomic E-state index is 5.82. The van der Waals surface area contributed by atoms with Crippen LogP contribution in [0.2, 0.25) is 5.28 Å². The smallest absolute Gasteiger partial charge is 0.229 e. The number of hydrogen-bond donors (Lipinski definition) is 2. The van der Waals surface area contributed by atoms with Crippen LogP contribution in [0.25, 0.3) is 0 Å². The molecule has 0 atom stereocenters. The topological polar surface area (TPSA) is 75.6 Å². The van der Waals surface area contributed by atoms with E-state index in [1.165, 1.54) is 0 Å². The Hall–Kier alpha value is -1.95. The highest BCUT2D eigenvalue weighted by atomic mass is 35.5. The Morgan fingerprint density at radius 1 is 1.06 bits per heavy atom. The second-order valence-corrected chi connectivity index (χ2v) is 3.83. The highest BCUT2D eigenvalue weighted by Gasteiger charge is 2.03. The van der Waals surface area contributed by atoms with E-state index in [4.69, 9.17) is 11.6 Å². The lowest BCUT2D eigenvalue weighted by Crippen LogP contribution is -2.08. The molecule has 6 nitrogen and oxygen atoms in total. The molecule has 0 aromatic carbocycles. The van der Waals surface area contributed by atoms with E-state index in [1.807, 2.05) is 19.1 Å². The molecule has 2 aromatic rings. The van der Waals surface area contributed by atoms with Crippen LogP contribution in [0.15, 0.2) is 24.5 Å². The Balaban J connectivity index is 2.05. The third kappa shape index (κ3) is 3.53. The van der Waals surface area contributed by atoms with Crippen LogP contribution in [0.5, 0.6) is 0 Å². The molecule has 0 bridgehead atoms. The van der Waals surface area contributed by atoms with Crippen molar-refractivity contribution in [2.45, 2.75) is 13.5 Å². The number of pyridine rings is 1. The zero-order valence-corrected chi connectivity index (χ0v) is 10.6. The van der Waals surface area contributed by atoms with E-state index >= 15 is 0 Å². The molecule has 0 aliphatic rings. The van der Waals surface area contributed by atoms with Gasteiger partial charge in [0, 0.05) is 25.5 Å². The van der Waals surface area contributed by atoms with Crippen LogP contribution in [0.1, 0.15) is 12.5 Å². The van der Waals surface area contributed by atoms with Crippen molar-refractivity contribution in [3.8, 4) is 0 Å². The minimum atomic E-state index is 0.165. The summed E-state index contributed by atoms with van der Waals surface area (Å²) < 4.78 is 0. The van der Waals surface area contributed by atoms with Gasteiger partial charge in [-0.2, -0.15) is 15.0 Å². The predicted molar refractivity (Wildman–Crippen MR) is 70.6 cm³/mol. The first kappa shape index (κ1) is 12.5. The summed E-state index contributed by atoms with van der Waals surface area (Å²) in [6, 6.07) is 3.84. The van der Waals surface area contributed by atoms with Gasteiger partial charge in [0.05, 0.1) is 0 Å². The largest absolute Gasteiger partial charge is 0.354 e. The van der Waals surface area contributed by atoms with Gasteiger partial charge in [-0.05, 0) is 36.2 Å². The van der Waals surface area contributed by atoms with E-state index in [1.54, 1.807) is 12.4 Å². The molecule has 0 fully saturated rings. The third-order valence-electron chi connectivity index (χ3n) is 2.14. The molecule has 0 aliphatic heterocycles. The monoisotopic (exact) mass is 264 g/mol. The number of halogens is 1. The van der Waals surface area contributed by atoms with E-state index in [2.05, 4.69) is 30.6 Å². The summed E-state index contributed by atoms with van der Waals surface area (Å²) in [4.78, 5) is 16.1. The number of nitrogens with zero attached hydrogens (tertiary/aromatic N) is 4. The SMILES string of the molecule is CCNc1nc(Cl)nc(NCc2ccncc2)n1. The van der Waals surface area contributed by atoms with Crippen molar-refractivity contribution in [2.75, 3.05) is 17.2 Å². The first-order chi connectivity index (χ1) is 8.78. The lowest BCUT2D eigenvalue weighted by Gasteiger charge is -2.07. The minimum absolute atomic E-state index is 0.165. The van der Waals surface area contributed by atoms with Crippen LogP contribution < -0.4 is 10.6 Å². The van der Waals surface area contributed by atoms with Gasteiger partial charge in [0.1, 0.15) is 0 Å². The molecule has 0 unspecified atom stereocenters. The maximum Gasteiger partial charge on any atom is 0.229 e. The molecule has 18 heavy (non-hydrogen) atoms. The first-order valence-corrected chi connectivity index (χ1v) is 5.94. The summed E-state index contributed by atoms with van der Waals surface area (Å²) in [5, 5.41) is 6.24. The van der Waals surface area contributed by atoms with Gasteiger partial charge in [-0.25, -0.2) is 0 Å². The molecule has 0 radical (unpaired) electrons. The third-order valence-corrected chi connectivity index (χ3v) is 2.31. The van der Waals surface area contributed by atoms with Gasteiger partial charge in [-0.3, -0.25) is 4.98 Å². The number of hydrogen-bond acceptors (Lipinski definition) is 6. The normalized spacial score (nSPS) is 10.1. The summed E-state index contributed by atoms with van der Waals surface area (Å²) in [6.45, 7) is 3.29. The van der Waals surface area contributed by atoms with E-state index in [-0.39, 0.29) is 5.28 Å². The fourth-order valence-electron chi connectivity index (χ4n) is 1.35. The van der Waals surface area contributed by atoms with Crippen molar-refractivity contribution in [3.63, 3.8) is 0 Å². The molecule has 0 saturated heterocycles. The predicted octanol–water partition coefficient (Wildman–Crippen LogP) is 1.96. The van der Waals surface area contributed by atoms with Crippen molar-refractivity contribution < 1.29 is 0 Å². The summed E-state index contributed by atoms with van der Waals surface area (Å²) in [7, 11) is 0. The molecule has 2 rings (SSSR count). The lowest BCUT2D eigenvalue weighted by molar-refractivity contribution is 0.986. The number of aromatic nitrogens is 4. The van der Waals surface area contributed by atoms with Gasteiger partial charge >= 0.3 is 0 Å². The van der Waals surface area contributed by atoms with Crippen LogP contribution in [-0.2, 0) is 6.54 Å². The quantitative estimate of drug-likeness (QED) is 0.860. The fourth-order valence-corrected chi connectivity index (χ4v) is 1.51. The summed E-state index contributed by atoms with van der Waals surface area (Å²) >= 11 is 5.82. The van der Waals surface area contributed by atoms with Crippen molar-refractivity contribution in [1.82, 2.24) is 19.9 Å². The lowest BCUT2D eigenvalue weighted by atomic mass is 10.3. The Labute approximate surface area is 110 Å². The van der Waals surface area contributed by atoms with Crippen LogP contribution in [0.4, 0.5) is 11.9 Å². The van der Waals surface area contributed by atoms with Crippen LogP contribution in [0, 0.1) is 0 Å². The summed E-state index contributed by atoms with van der Waals surface area (Å²) in [5.41, 5.74) is 1.09. The zero-order chi connectivity index (χ0) is 12.8. The van der Waals surface area contributed by atoms with E-state index in [9.17, 15) is 0 Å². The van der Waals surface area contributed by atoms with E-state index in [0.717, 1.165) is 12.1 Å². The molecule has 2 aromatic heterocycles. The molecule has 2 heterocycles. The average Bonchev–Trinajstić information content (AvgIpc) is 2.37. The van der Waals surface area contributed by atoms with E-state index in [0.29, 0.717) is 18.4 Å². The molecule has 0 saturated carbocycles. The Bertz CT molecular complexity index is 504. The Kier molecular flexibility index (Phi) is 4.25. The van der Waals surface area contributed by atoms with Gasteiger partial charge in [0.15, 0.2) is 0 Å². The van der Waals surface area contributed by atoms with Crippen molar-refractivity contribution in [2.24, 2.45) is 0 Å². The highest BCUT2D eigenvalue weighted by molar-refractivity contribution is 6.28. The Morgan fingerprint density at radius 2 is 1.72 bits per heavy atom. The summed E-state index contributed by atoms with van der Waals surface area (Å²) in [6.07, 6.45) is 3.48. The van der Waals surface area contributed by atoms with Gasteiger partial charge in [-0.15, -0.1) is 0 Å². The standard InChI is InChI=1S/C11H13ClN6/c1-2-14-10-16-9(12)17-11(18-10)15-7-8-3-5-13-6-4-8/h3-6H,2,7H2,1H3,(H2,14,15,16,17,18). The van der Waals surface area contributed by atoms with Crippen LogP contribution >= 0.6 is 11.6 Å². The molecule has 94 valence electrons. The van der Waals surface area contributed by atoms with Gasteiger partial charge in [-0.1, -0.05) is 0 Å². The summed E-state index contributed by atoms with van der Waals surface area (Å²) in [5.74, 6) is 0.914. The average molecular weight is 265 g/mol. The van der Waals surface area contributed by atoms with Crippen LogP contribution in [0.3, 0.4) is 0 Å². The van der Waals surface area contributed by atoms with Gasteiger partial charge in [0.25, 0.3) is 0 Å². The van der Waals surface area contributed by atoms with E-state index < -0.39 is 0 Å². The van der Waals surface area contributed by atoms with Gasteiger partial charge < -0.3 is 10.6 Å². The number of nitrogens with one attached hydrogen (secondary N) is 2. The second kappa shape index (κ2) is 6.11. The van der Waals surface area contributed by atoms with Gasteiger partial charge in [0.2, 0.25) is 17.2 Å². The van der Waals surface area contributed by atoms with Crippen molar-refractivity contribution in [3.05, 3.63) is 35.4 Å². The second-order valence-electron chi connectivity index (χ2n) is 3.49. The van der Waals surface area contributed by atoms with Crippen LogP contribution in [-0.4, -0.2) is 26.5 Å². The zero-order valence-electron chi connectivity index (χ0n) is 9.89. The number of rotatable bonds is 5.